The van der Waals surface area contributed by atoms with Crippen LogP contribution in [0.25, 0.3) is 27.9 Å². The molecule has 0 spiro atoms. The minimum Gasteiger partial charge on any atom is -0.325 e. The molecule has 2 aromatic heterocycles. The first kappa shape index (κ1) is 26.6. The lowest BCUT2D eigenvalue weighted by atomic mass is 10.0. The van der Waals surface area contributed by atoms with Crippen LogP contribution in [-0.2, 0) is 22.6 Å². The van der Waals surface area contributed by atoms with Crippen molar-refractivity contribution in [3.8, 4) is 11.1 Å². The highest BCUT2D eigenvalue weighted by Crippen LogP contribution is 2.30. The van der Waals surface area contributed by atoms with Crippen LogP contribution in [0.2, 0.25) is 0 Å². The first-order chi connectivity index (χ1) is 19.2. The summed E-state index contributed by atoms with van der Waals surface area (Å²) in [4.78, 5) is 44.4. The topological polar surface area (TPSA) is 97.5 Å². The molecule has 2 heterocycles. The Morgan fingerprint density at radius 2 is 1.68 bits per heavy atom. The molecule has 0 saturated heterocycles. The Labute approximate surface area is 229 Å². The van der Waals surface area contributed by atoms with Gasteiger partial charge < -0.3 is 15.2 Å². The van der Waals surface area contributed by atoms with E-state index in [9.17, 15) is 18.8 Å². The number of carbonyl (C=O) groups is 2. The molecule has 0 radical (unpaired) electrons. The van der Waals surface area contributed by atoms with Crippen LogP contribution in [-0.4, -0.2) is 25.8 Å². The van der Waals surface area contributed by atoms with Crippen molar-refractivity contribution in [3.05, 3.63) is 106 Å². The first-order valence-electron chi connectivity index (χ1n) is 12.8. The quantitative estimate of drug-likeness (QED) is 0.272. The van der Waals surface area contributed by atoms with E-state index in [1.54, 1.807) is 28.8 Å². The lowest BCUT2D eigenvalue weighted by Gasteiger charge is -2.14. The number of benzene rings is 3. The van der Waals surface area contributed by atoms with E-state index in [1.807, 2.05) is 32.9 Å². The molecule has 40 heavy (non-hydrogen) atoms. The minimum atomic E-state index is -0.400. The van der Waals surface area contributed by atoms with Crippen molar-refractivity contribution in [1.29, 1.82) is 0 Å². The minimum absolute atomic E-state index is 0.117. The molecule has 3 aromatic carbocycles. The van der Waals surface area contributed by atoms with Crippen molar-refractivity contribution in [2.24, 2.45) is 0 Å². The Balaban J connectivity index is 1.74. The molecular formula is C31H28FN5O3. The van der Waals surface area contributed by atoms with Gasteiger partial charge in [-0.3, -0.25) is 14.4 Å². The fourth-order valence-corrected chi connectivity index (χ4v) is 4.79. The van der Waals surface area contributed by atoms with Crippen molar-refractivity contribution < 1.29 is 14.0 Å². The molecule has 0 bridgehead atoms. The van der Waals surface area contributed by atoms with Crippen LogP contribution >= 0.6 is 0 Å². The van der Waals surface area contributed by atoms with Crippen molar-refractivity contribution in [2.45, 2.75) is 33.7 Å². The van der Waals surface area contributed by atoms with Gasteiger partial charge in [-0.05, 0) is 79.9 Å². The number of halogens is 1. The molecule has 8 nitrogen and oxygen atoms in total. The second kappa shape index (κ2) is 10.6. The third kappa shape index (κ3) is 4.77. The molecule has 0 aliphatic rings. The maximum Gasteiger partial charge on any atom is 0.267 e. The maximum absolute atomic E-state index is 14.3. The summed E-state index contributed by atoms with van der Waals surface area (Å²) in [7, 11) is 0. The van der Waals surface area contributed by atoms with Crippen molar-refractivity contribution in [3.63, 3.8) is 0 Å². The summed E-state index contributed by atoms with van der Waals surface area (Å²) < 4.78 is 16.6. The average molecular weight is 538 g/mol. The van der Waals surface area contributed by atoms with Gasteiger partial charge in [0, 0.05) is 16.9 Å². The fourth-order valence-electron chi connectivity index (χ4n) is 4.79. The van der Waals surface area contributed by atoms with Gasteiger partial charge in [-0.1, -0.05) is 31.7 Å². The van der Waals surface area contributed by atoms with Crippen LogP contribution in [0.15, 0.2) is 78.1 Å². The van der Waals surface area contributed by atoms with Gasteiger partial charge in [0.25, 0.3) is 5.56 Å². The third-order valence-corrected chi connectivity index (χ3v) is 6.91. The summed E-state index contributed by atoms with van der Waals surface area (Å²) in [5.74, 6) is -0.816. The van der Waals surface area contributed by atoms with Gasteiger partial charge in [0.15, 0.2) is 0 Å². The summed E-state index contributed by atoms with van der Waals surface area (Å²) in [5.41, 5.74) is 5.32. The number of aromatic nitrogens is 3. The lowest BCUT2D eigenvalue weighted by molar-refractivity contribution is -0.116. The SMILES string of the molecule is C=CC(=O)Nc1ccccc1-c1c(CC)nc2n(CC(=O)Nc3ccc(F)cc3)c3cc(C)c(C)cc3n2c1=O. The maximum atomic E-state index is 14.3. The highest BCUT2D eigenvalue weighted by atomic mass is 19.1. The smallest absolute Gasteiger partial charge is 0.267 e. The zero-order valence-electron chi connectivity index (χ0n) is 22.4. The van der Waals surface area contributed by atoms with Crippen LogP contribution in [0.3, 0.4) is 0 Å². The van der Waals surface area contributed by atoms with Gasteiger partial charge in [0.2, 0.25) is 17.6 Å². The monoisotopic (exact) mass is 537 g/mol. The summed E-state index contributed by atoms with van der Waals surface area (Å²) in [5, 5.41) is 5.57. The van der Waals surface area contributed by atoms with Crippen LogP contribution in [0, 0.1) is 19.7 Å². The van der Waals surface area contributed by atoms with Gasteiger partial charge in [-0.15, -0.1) is 0 Å². The standard InChI is InChI=1S/C31H28FN5O3/c1-5-23-29(22-9-7-8-10-24(22)34-27(38)6-2)30(40)37-26-16-19(4)18(3)15-25(26)36(31(37)35-23)17-28(39)33-21-13-11-20(32)12-14-21/h6-16H,2,5,17H2,1,3-4H3,(H,33,39)(H,34,38). The van der Waals surface area contributed by atoms with Gasteiger partial charge in [-0.2, -0.15) is 0 Å². The number of hydrogen-bond acceptors (Lipinski definition) is 4. The van der Waals surface area contributed by atoms with Crippen LogP contribution in [0.5, 0.6) is 0 Å². The predicted octanol–water partition coefficient (Wildman–Crippen LogP) is 5.40. The van der Waals surface area contributed by atoms with E-state index in [-0.39, 0.29) is 18.0 Å². The molecule has 2 N–H and O–H groups in total. The zero-order valence-corrected chi connectivity index (χ0v) is 22.4. The summed E-state index contributed by atoms with van der Waals surface area (Å²) in [6, 6.07) is 16.4. The number of amides is 2. The van der Waals surface area contributed by atoms with Gasteiger partial charge in [0.05, 0.1) is 22.3 Å². The van der Waals surface area contributed by atoms with Crippen molar-refractivity contribution in [1.82, 2.24) is 14.0 Å². The molecule has 0 saturated carbocycles. The number of fused-ring (bicyclic) bond motifs is 3. The Kier molecular flexibility index (Phi) is 7.04. The second-order valence-electron chi connectivity index (χ2n) is 9.53. The molecular weight excluding hydrogens is 509 g/mol. The number of nitrogens with one attached hydrogen (secondary N) is 2. The van der Waals surface area contributed by atoms with E-state index in [0.717, 1.165) is 11.1 Å². The number of rotatable bonds is 7. The van der Waals surface area contributed by atoms with Gasteiger partial charge in [0.1, 0.15) is 12.4 Å². The fraction of sp³-hybridized carbons (Fsp3) is 0.161. The summed E-state index contributed by atoms with van der Waals surface area (Å²) in [6.07, 6.45) is 1.60. The summed E-state index contributed by atoms with van der Waals surface area (Å²) >= 11 is 0. The molecule has 9 heteroatoms. The number of carbonyl (C=O) groups excluding carboxylic acids is 2. The first-order valence-corrected chi connectivity index (χ1v) is 12.8. The molecule has 0 aliphatic carbocycles. The highest BCUT2D eigenvalue weighted by molar-refractivity contribution is 6.02. The van der Waals surface area contributed by atoms with Crippen LogP contribution < -0.4 is 16.2 Å². The molecule has 0 fully saturated rings. The van der Waals surface area contributed by atoms with Gasteiger partial charge >= 0.3 is 0 Å². The predicted molar refractivity (Wildman–Crippen MR) is 155 cm³/mol. The van der Waals surface area contributed by atoms with E-state index >= 15 is 0 Å². The molecule has 2 amide bonds. The van der Waals surface area contributed by atoms with E-state index in [2.05, 4.69) is 17.2 Å². The largest absolute Gasteiger partial charge is 0.325 e. The van der Waals surface area contributed by atoms with E-state index < -0.39 is 11.7 Å². The molecule has 202 valence electrons. The zero-order chi connectivity index (χ0) is 28.6. The Morgan fingerprint density at radius 3 is 2.35 bits per heavy atom. The Morgan fingerprint density at radius 1 is 1.00 bits per heavy atom. The Bertz CT molecular complexity index is 1870. The van der Waals surface area contributed by atoms with E-state index in [0.29, 0.717) is 51.4 Å². The highest BCUT2D eigenvalue weighted by Gasteiger charge is 2.23. The average Bonchev–Trinajstić information content (AvgIpc) is 3.22. The normalized spacial score (nSPS) is 11.1. The number of anilines is 2. The number of para-hydroxylation sites is 1. The van der Waals surface area contributed by atoms with E-state index in [4.69, 9.17) is 4.98 Å². The summed E-state index contributed by atoms with van der Waals surface area (Å²) in [6.45, 7) is 9.22. The van der Waals surface area contributed by atoms with Crippen molar-refractivity contribution >= 4 is 40.0 Å². The van der Waals surface area contributed by atoms with Gasteiger partial charge in [-0.25, -0.2) is 13.8 Å². The molecule has 5 rings (SSSR count). The van der Waals surface area contributed by atoms with E-state index in [1.165, 1.54) is 34.7 Å². The second-order valence-corrected chi connectivity index (χ2v) is 9.53. The molecule has 0 unspecified atom stereocenters. The third-order valence-electron chi connectivity index (χ3n) is 6.91. The van der Waals surface area contributed by atoms with Crippen LogP contribution in [0.1, 0.15) is 23.7 Å². The van der Waals surface area contributed by atoms with Crippen LogP contribution in [0.4, 0.5) is 15.8 Å². The lowest BCUT2D eigenvalue weighted by Crippen LogP contribution is -2.23. The molecule has 5 aromatic rings. The van der Waals surface area contributed by atoms with Crippen molar-refractivity contribution in [2.75, 3.05) is 10.6 Å². The number of nitrogens with zero attached hydrogens (tertiary/aromatic N) is 3. The number of hydrogen-bond donors (Lipinski definition) is 2. The Hall–Kier alpha value is -5.05. The molecule has 0 aliphatic heterocycles. The number of imidazole rings is 1. The number of aryl methyl sites for hydroxylation is 3. The molecule has 0 atom stereocenters.